The van der Waals surface area contributed by atoms with Crippen LogP contribution in [0.1, 0.15) is 6.92 Å². The molecule has 0 unspecified atom stereocenters. The summed E-state index contributed by atoms with van der Waals surface area (Å²) in [6, 6.07) is 13.9. The normalized spacial score (nSPS) is 10.8. The Kier molecular flexibility index (Phi) is 6.09. The van der Waals surface area contributed by atoms with Gasteiger partial charge >= 0.3 is 0 Å². The van der Waals surface area contributed by atoms with Crippen LogP contribution in [0.4, 0.5) is 5.69 Å². The lowest BCUT2D eigenvalue weighted by atomic mass is 10.1. The van der Waals surface area contributed by atoms with E-state index in [4.69, 9.17) is 21.1 Å². The fourth-order valence-electron chi connectivity index (χ4n) is 3.16. The fourth-order valence-corrected chi connectivity index (χ4v) is 3.42. The van der Waals surface area contributed by atoms with Crippen molar-refractivity contribution in [1.82, 2.24) is 19.4 Å². The molecule has 0 radical (unpaired) electrons. The number of amides is 1. The Labute approximate surface area is 188 Å². The van der Waals surface area contributed by atoms with Crippen LogP contribution in [0.25, 0.3) is 16.8 Å². The van der Waals surface area contributed by atoms with Crippen molar-refractivity contribution in [3.8, 4) is 22.8 Å². The van der Waals surface area contributed by atoms with Gasteiger partial charge in [-0.25, -0.2) is 9.20 Å². The van der Waals surface area contributed by atoms with E-state index in [1.807, 2.05) is 31.2 Å². The highest BCUT2D eigenvalue weighted by Crippen LogP contribution is 2.27. The van der Waals surface area contributed by atoms with E-state index in [2.05, 4.69) is 15.5 Å². The van der Waals surface area contributed by atoms with Gasteiger partial charge in [-0.15, -0.1) is 0 Å². The van der Waals surface area contributed by atoms with Crippen molar-refractivity contribution in [2.45, 2.75) is 13.5 Å². The molecule has 4 rings (SSSR count). The second-order valence-electron chi connectivity index (χ2n) is 6.81. The van der Waals surface area contributed by atoms with Crippen LogP contribution in [-0.4, -0.2) is 39.0 Å². The van der Waals surface area contributed by atoms with Gasteiger partial charge in [-0.2, -0.15) is 10.2 Å². The molecule has 0 aliphatic rings. The summed E-state index contributed by atoms with van der Waals surface area (Å²) in [6.07, 6.45) is 1.40. The summed E-state index contributed by atoms with van der Waals surface area (Å²) in [7, 11) is 1.51. The first-order chi connectivity index (χ1) is 15.5. The van der Waals surface area contributed by atoms with E-state index in [1.54, 1.807) is 24.3 Å². The number of fused-ring (bicyclic) bond motifs is 1. The van der Waals surface area contributed by atoms with Crippen molar-refractivity contribution in [2.24, 2.45) is 0 Å². The highest BCUT2D eigenvalue weighted by atomic mass is 35.5. The minimum absolute atomic E-state index is 0.261. The van der Waals surface area contributed by atoms with Gasteiger partial charge in [0.2, 0.25) is 5.91 Å². The predicted molar refractivity (Wildman–Crippen MR) is 120 cm³/mol. The third-order valence-corrected chi connectivity index (χ3v) is 4.98. The van der Waals surface area contributed by atoms with Crippen molar-refractivity contribution in [1.29, 1.82) is 0 Å². The summed E-state index contributed by atoms with van der Waals surface area (Å²) in [5.74, 6) is 0.835. The molecule has 10 heteroatoms. The van der Waals surface area contributed by atoms with Gasteiger partial charge in [0.15, 0.2) is 0 Å². The van der Waals surface area contributed by atoms with Gasteiger partial charge in [-0.05, 0) is 55.5 Å². The van der Waals surface area contributed by atoms with Crippen LogP contribution in [0.2, 0.25) is 5.02 Å². The van der Waals surface area contributed by atoms with Crippen LogP contribution in [-0.2, 0) is 11.3 Å². The number of nitrogens with zero attached hydrogens (tertiary/aromatic N) is 4. The molecule has 9 nitrogen and oxygen atoms in total. The number of hydrogen-bond acceptors (Lipinski definition) is 6. The van der Waals surface area contributed by atoms with Crippen LogP contribution in [0.3, 0.4) is 0 Å². The van der Waals surface area contributed by atoms with E-state index in [0.29, 0.717) is 34.3 Å². The molecule has 2 aromatic heterocycles. The Bertz CT molecular complexity index is 1330. The molecule has 0 aliphatic heterocycles. The number of carbonyl (C=O) groups is 1. The molecule has 0 fully saturated rings. The van der Waals surface area contributed by atoms with Gasteiger partial charge in [-0.3, -0.25) is 9.59 Å². The number of anilines is 1. The summed E-state index contributed by atoms with van der Waals surface area (Å²) < 4.78 is 13.0. The molecule has 1 amide bonds. The fraction of sp³-hybridized carbons (Fsp3) is 0.182. The molecule has 32 heavy (non-hydrogen) atoms. The van der Waals surface area contributed by atoms with Gasteiger partial charge in [0.05, 0.1) is 24.4 Å². The SMILES string of the molecule is CCOc1ccc(-c2cc3c(=O)n(CC(=O)Nc4ccc(OC)c(Cl)c4)ncn3n2)cc1. The standard InChI is InChI=1S/C22H20ClN5O4/c1-3-32-16-7-4-14(5-8-16)18-11-19-22(30)27(24-13-28(19)26-18)12-21(29)25-15-6-9-20(31-2)17(23)10-15/h4-11,13H,3,12H2,1-2H3,(H,25,29). The number of rotatable bonds is 7. The molecule has 4 aromatic rings. The van der Waals surface area contributed by atoms with Crippen molar-refractivity contribution >= 4 is 28.7 Å². The van der Waals surface area contributed by atoms with Crippen molar-refractivity contribution in [3.05, 3.63) is 70.2 Å². The minimum Gasteiger partial charge on any atom is -0.495 e. The van der Waals surface area contributed by atoms with E-state index in [1.165, 1.54) is 18.0 Å². The average molecular weight is 454 g/mol. The molecule has 1 N–H and O–H groups in total. The number of ether oxygens (including phenoxy) is 2. The molecule has 2 heterocycles. The van der Waals surface area contributed by atoms with Crippen molar-refractivity contribution in [2.75, 3.05) is 19.0 Å². The largest absolute Gasteiger partial charge is 0.495 e. The molecule has 0 saturated heterocycles. The van der Waals surface area contributed by atoms with E-state index < -0.39 is 11.5 Å². The quantitative estimate of drug-likeness (QED) is 0.461. The molecular formula is C22H20ClN5O4. The zero-order valence-electron chi connectivity index (χ0n) is 17.4. The summed E-state index contributed by atoms with van der Waals surface area (Å²) in [6.45, 7) is 2.24. The average Bonchev–Trinajstić information content (AvgIpc) is 3.22. The predicted octanol–water partition coefficient (Wildman–Crippen LogP) is 3.26. The Balaban J connectivity index is 1.53. The second kappa shape index (κ2) is 9.11. The van der Waals surface area contributed by atoms with Crippen LogP contribution in [0.15, 0.2) is 59.7 Å². The van der Waals surface area contributed by atoms with Gasteiger partial charge in [0.25, 0.3) is 5.56 Å². The Morgan fingerprint density at radius 2 is 1.94 bits per heavy atom. The number of benzene rings is 2. The monoisotopic (exact) mass is 453 g/mol. The smallest absolute Gasteiger partial charge is 0.293 e. The Morgan fingerprint density at radius 3 is 2.62 bits per heavy atom. The van der Waals surface area contributed by atoms with Crippen LogP contribution in [0, 0.1) is 0 Å². The summed E-state index contributed by atoms with van der Waals surface area (Å²) in [4.78, 5) is 25.3. The maximum absolute atomic E-state index is 12.8. The van der Waals surface area contributed by atoms with E-state index in [-0.39, 0.29) is 6.54 Å². The minimum atomic E-state index is -0.430. The summed E-state index contributed by atoms with van der Waals surface area (Å²) >= 11 is 6.08. The van der Waals surface area contributed by atoms with Crippen LogP contribution < -0.4 is 20.3 Å². The van der Waals surface area contributed by atoms with E-state index >= 15 is 0 Å². The number of hydrogen-bond donors (Lipinski definition) is 1. The lowest BCUT2D eigenvalue weighted by Gasteiger charge is -2.08. The lowest BCUT2D eigenvalue weighted by Crippen LogP contribution is -2.30. The zero-order chi connectivity index (χ0) is 22.7. The summed E-state index contributed by atoms with van der Waals surface area (Å²) in [5, 5.41) is 11.5. The molecule has 0 saturated carbocycles. The molecule has 0 spiro atoms. The summed E-state index contributed by atoms with van der Waals surface area (Å²) in [5.41, 5.74) is 1.81. The van der Waals surface area contributed by atoms with E-state index in [0.717, 1.165) is 16.0 Å². The molecule has 0 atom stereocenters. The highest BCUT2D eigenvalue weighted by molar-refractivity contribution is 6.32. The second-order valence-corrected chi connectivity index (χ2v) is 7.22. The zero-order valence-corrected chi connectivity index (χ0v) is 18.2. The topological polar surface area (TPSA) is 99.8 Å². The number of nitrogens with one attached hydrogen (secondary N) is 1. The Morgan fingerprint density at radius 1 is 1.16 bits per heavy atom. The maximum atomic E-state index is 12.8. The highest BCUT2D eigenvalue weighted by Gasteiger charge is 2.13. The van der Waals surface area contributed by atoms with Crippen molar-refractivity contribution < 1.29 is 14.3 Å². The van der Waals surface area contributed by atoms with Crippen LogP contribution >= 0.6 is 11.6 Å². The number of carbonyl (C=O) groups excluding carboxylic acids is 1. The number of aromatic nitrogens is 4. The first-order valence-electron chi connectivity index (χ1n) is 9.80. The van der Waals surface area contributed by atoms with Gasteiger partial charge in [-0.1, -0.05) is 11.6 Å². The first kappa shape index (κ1) is 21.4. The molecule has 0 bridgehead atoms. The van der Waals surface area contributed by atoms with Gasteiger partial charge < -0.3 is 14.8 Å². The van der Waals surface area contributed by atoms with Crippen molar-refractivity contribution in [3.63, 3.8) is 0 Å². The van der Waals surface area contributed by atoms with Gasteiger partial charge in [0.1, 0.15) is 29.9 Å². The molecular weight excluding hydrogens is 434 g/mol. The number of halogens is 1. The molecule has 164 valence electrons. The third kappa shape index (κ3) is 4.42. The number of methoxy groups -OCH3 is 1. The first-order valence-corrected chi connectivity index (χ1v) is 10.2. The lowest BCUT2D eigenvalue weighted by molar-refractivity contribution is -0.117. The third-order valence-electron chi connectivity index (χ3n) is 4.68. The van der Waals surface area contributed by atoms with E-state index in [9.17, 15) is 9.59 Å². The van der Waals surface area contributed by atoms with Crippen LogP contribution in [0.5, 0.6) is 11.5 Å². The van der Waals surface area contributed by atoms with Gasteiger partial charge in [0, 0.05) is 11.3 Å². The Hall–Kier alpha value is -3.85. The molecule has 2 aromatic carbocycles. The maximum Gasteiger partial charge on any atom is 0.293 e. The molecule has 0 aliphatic carbocycles.